The first-order valence-electron chi connectivity index (χ1n) is 11.7. The summed E-state index contributed by atoms with van der Waals surface area (Å²) in [5.41, 5.74) is 3.94. The fourth-order valence-corrected chi connectivity index (χ4v) is 4.58. The van der Waals surface area contributed by atoms with E-state index in [9.17, 15) is 9.59 Å². The minimum Gasteiger partial charge on any atom is -0.444 e. The maximum Gasteiger partial charge on any atom is 0.410 e. The Morgan fingerprint density at radius 1 is 1.09 bits per heavy atom. The highest BCUT2D eigenvalue weighted by Gasteiger charge is 2.27. The number of carbonyl (C=O) groups is 1. The molecule has 4 aromatic rings. The molecule has 1 aliphatic heterocycles. The predicted molar refractivity (Wildman–Crippen MR) is 131 cm³/mol. The summed E-state index contributed by atoms with van der Waals surface area (Å²) in [5, 5.41) is 0.881. The van der Waals surface area contributed by atoms with Gasteiger partial charge in [-0.1, -0.05) is 12.1 Å². The molecule has 4 heterocycles. The highest BCUT2D eigenvalue weighted by Crippen LogP contribution is 2.31. The normalized spacial score (nSPS) is 15.2. The van der Waals surface area contributed by atoms with Crippen LogP contribution in [0, 0.1) is 6.92 Å². The standard InChI is InChI=1S/C27H29N3O4/c1-17-15-30-16-21(7-8-24(30)28-17)22-13-20-6-5-19(14-23(20)33-25(22)31)18-9-11-29(12-10-18)26(32)34-27(2,3)4/h5-8,13-16,18H,9-12H2,1-4H3. The van der Waals surface area contributed by atoms with Crippen molar-refractivity contribution in [3.8, 4) is 11.1 Å². The molecule has 176 valence electrons. The molecule has 1 saturated heterocycles. The van der Waals surface area contributed by atoms with E-state index in [0.717, 1.165) is 40.7 Å². The number of amides is 1. The van der Waals surface area contributed by atoms with Crippen LogP contribution >= 0.6 is 0 Å². The van der Waals surface area contributed by atoms with E-state index in [-0.39, 0.29) is 11.7 Å². The number of fused-ring (bicyclic) bond motifs is 2. The summed E-state index contributed by atoms with van der Waals surface area (Å²) in [6.07, 6.45) is 5.27. The molecule has 1 aliphatic rings. The van der Waals surface area contributed by atoms with E-state index in [1.807, 2.05) is 74.8 Å². The number of nitrogens with zero attached hydrogens (tertiary/aromatic N) is 3. The molecule has 1 aromatic carbocycles. The number of rotatable bonds is 2. The molecule has 34 heavy (non-hydrogen) atoms. The highest BCUT2D eigenvalue weighted by molar-refractivity contribution is 5.82. The lowest BCUT2D eigenvalue weighted by Crippen LogP contribution is -2.41. The summed E-state index contributed by atoms with van der Waals surface area (Å²) in [7, 11) is 0. The van der Waals surface area contributed by atoms with Crippen molar-refractivity contribution >= 4 is 22.7 Å². The van der Waals surface area contributed by atoms with E-state index in [0.29, 0.717) is 30.2 Å². The van der Waals surface area contributed by atoms with Crippen LogP contribution in [0.4, 0.5) is 4.79 Å². The van der Waals surface area contributed by atoms with Gasteiger partial charge in [0.2, 0.25) is 0 Å². The molecule has 3 aromatic heterocycles. The molecule has 1 amide bonds. The summed E-state index contributed by atoms with van der Waals surface area (Å²) in [6, 6.07) is 11.8. The van der Waals surface area contributed by atoms with Crippen LogP contribution in [0.3, 0.4) is 0 Å². The van der Waals surface area contributed by atoms with Crippen molar-refractivity contribution in [1.82, 2.24) is 14.3 Å². The molecule has 7 nitrogen and oxygen atoms in total. The number of carbonyl (C=O) groups excluding carboxylic acids is 1. The topological polar surface area (TPSA) is 77.0 Å². The average molecular weight is 460 g/mol. The molecule has 0 bridgehead atoms. The minimum absolute atomic E-state index is 0.257. The van der Waals surface area contributed by atoms with Crippen molar-refractivity contribution < 1.29 is 13.9 Å². The number of piperidine rings is 1. The molecule has 0 radical (unpaired) electrons. The van der Waals surface area contributed by atoms with Crippen LogP contribution in [-0.4, -0.2) is 39.1 Å². The number of aryl methyl sites for hydroxylation is 1. The van der Waals surface area contributed by atoms with Crippen LogP contribution in [0.15, 0.2) is 58.0 Å². The Morgan fingerprint density at radius 2 is 1.85 bits per heavy atom. The molecule has 0 spiro atoms. The summed E-state index contributed by atoms with van der Waals surface area (Å²) in [6.45, 7) is 8.87. The molecular formula is C27H29N3O4. The number of aromatic nitrogens is 2. The zero-order valence-corrected chi connectivity index (χ0v) is 20.0. The number of imidazole rings is 1. The first kappa shape index (κ1) is 22.2. The number of ether oxygens (including phenoxy) is 1. The van der Waals surface area contributed by atoms with Crippen molar-refractivity contribution in [1.29, 1.82) is 0 Å². The zero-order valence-electron chi connectivity index (χ0n) is 20.0. The Morgan fingerprint density at radius 3 is 2.59 bits per heavy atom. The van der Waals surface area contributed by atoms with Crippen LogP contribution in [0.2, 0.25) is 0 Å². The molecule has 0 saturated carbocycles. The quantitative estimate of drug-likeness (QED) is 0.368. The van der Waals surface area contributed by atoms with Gasteiger partial charge in [-0.25, -0.2) is 14.6 Å². The zero-order chi connectivity index (χ0) is 24.0. The van der Waals surface area contributed by atoms with Gasteiger partial charge in [-0.2, -0.15) is 0 Å². The van der Waals surface area contributed by atoms with Crippen LogP contribution in [0.5, 0.6) is 0 Å². The van der Waals surface area contributed by atoms with E-state index in [1.54, 1.807) is 4.90 Å². The fraction of sp³-hybridized carbons (Fsp3) is 0.370. The maximum atomic E-state index is 12.8. The van der Waals surface area contributed by atoms with Crippen molar-refractivity contribution in [2.75, 3.05) is 13.1 Å². The van der Waals surface area contributed by atoms with Gasteiger partial charge in [-0.05, 0) is 76.3 Å². The van der Waals surface area contributed by atoms with Gasteiger partial charge in [-0.3, -0.25) is 0 Å². The monoisotopic (exact) mass is 459 g/mol. The fourth-order valence-electron chi connectivity index (χ4n) is 4.58. The van der Waals surface area contributed by atoms with Gasteiger partial charge in [0.15, 0.2) is 0 Å². The largest absolute Gasteiger partial charge is 0.444 e. The van der Waals surface area contributed by atoms with Gasteiger partial charge in [0.05, 0.1) is 11.3 Å². The number of pyridine rings is 1. The lowest BCUT2D eigenvalue weighted by Gasteiger charge is -2.33. The molecule has 0 unspecified atom stereocenters. The third-order valence-electron chi connectivity index (χ3n) is 6.26. The predicted octanol–water partition coefficient (Wildman–Crippen LogP) is 5.53. The summed E-state index contributed by atoms with van der Waals surface area (Å²) >= 11 is 0. The summed E-state index contributed by atoms with van der Waals surface area (Å²) in [4.78, 5) is 31.4. The van der Waals surface area contributed by atoms with Crippen LogP contribution < -0.4 is 5.63 Å². The van der Waals surface area contributed by atoms with Crippen molar-refractivity contribution in [2.24, 2.45) is 0 Å². The van der Waals surface area contributed by atoms with Gasteiger partial charge in [0, 0.05) is 36.4 Å². The third kappa shape index (κ3) is 4.42. The Bertz CT molecular complexity index is 1440. The van der Waals surface area contributed by atoms with E-state index < -0.39 is 5.60 Å². The molecule has 5 rings (SSSR count). The minimum atomic E-state index is -0.494. The Labute approximate surface area is 198 Å². The second-order valence-corrected chi connectivity index (χ2v) is 10.1. The number of benzene rings is 1. The maximum absolute atomic E-state index is 12.8. The second-order valence-electron chi connectivity index (χ2n) is 10.1. The van der Waals surface area contributed by atoms with Crippen molar-refractivity contribution in [3.05, 3.63) is 70.5 Å². The van der Waals surface area contributed by atoms with E-state index >= 15 is 0 Å². The van der Waals surface area contributed by atoms with Crippen LogP contribution in [0.25, 0.3) is 27.7 Å². The summed E-state index contributed by atoms with van der Waals surface area (Å²) in [5.74, 6) is 0.306. The van der Waals surface area contributed by atoms with Gasteiger partial charge >= 0.3 is 11.7 Å². The second kappa shape index (κ2) is 8.31. The van der Waals surface area contributed by atoms with E-state index in [4.69, 9.17) is 9.15 Å². The Hall–Kier alpha value is -3.61. The number of likely N-dealkylation sites (tertiary alicyclic amines) is 1. The summed E-state index contributed by atoms with van der Waals surface area (Å²) < 4.78 is 13.2. The van der Waals surface area contributed by atoms with E-state index in [1.165, 1.54) is 0 Å². The SMILES string of the molecule is Cc1cn2cc(-c3cc4ccc(C5CCN(C(=O)OC(C)(C)C)CC5)cc4oc3=O)ccc2n1. The van der Waals surface area contributed by atoms with Gasteiger partial charge < -0.3 is 18.5 Å². The molecular weight excluding hydrogens is 430 g/mol. The number of hydrogen-bond acceptors (Lipinski definition) is 5. The molecule has 7 heteroatoms. The smallest absolute Gasteiger partial charge is 0.410 e. The molecule has 0 aliphatic carbocycles. The molecule has 0 atom stereocenters. The third-order valence-corrected chi connectivity index (χ3v) is 6.26. The van der Waals surface area contributed by atoms with Gasteiger partial charge in [0.25, 0.3) is 0 Å². The number of hydrogen-bond donors (Lipinski definition) is 0. The van der Waals surface area contributed by atoms with Crippen LogP contribution in [-0.2, 0) is 4.74 Å². The molecule has 1 fully saturated rings. The van der Waals surface area contributed by atoms with Crippen molar-refractivity contribution in [2.45, 2.75) is 52.1 Å². The Kier molecular flexibility index (Phi) is 5.42. The first-order valence-corrected chi connectivity index (χ1v) is 11.7. The lowest BCUT2D eigenvalue weighted by atomic mass is 9.89. The van der Waals surface area contributed by atoms with Gasteiger partial charge in [0.1, 0.15) is 16.8 Å². The first-order chi connectivity index (χ1) is 16.2. The lowest BCUT2D eigenvalue weighted by molar-refractivity contribution is 0.0205. The molecule has 0 N–H and O–H groups in total. The average Bonchev–Trinajstić information content (AvgIpc) is 3.16. The highest BCUT2D eigenvalue weighted by atomic mass is 16.6. The van der Waals surface area contributed by atoms with Crippen LogP contribution in [0.1, 0.15) is 50.8 Å². The Balaban J connectivity index is 1.36. The van der Waals surface area contributed by atoms with Gasteiger partial charge in [-0.15, -0.1) is 0 Å². The van der Waals surface area contributed by atoms with Crippen molar-refractivity contribution in [3.63, 3.8) is 0 Å². The van der Waals surface area contributed by atoms with E-state index in [2.05, 4.69) is 11.1 Å².